The summed E-state index contributed by atoms with van der Waals surface area (Å²) < 4.78 is 10.4. The fraction of sp³-hybridized carbons (Fsp3) is 0.429. The van der Waals surface area contributed by atoms with Gasteiger partial charge in [0.25, 0.3) is 12.9 Å². The van der Waals surface area contributed by atoms with E-state index in [1.54, 1.807) is 0 Å². The van der Waals surface area contributed by atoms with E-state index in [2.05, 4.69) is 23.8 Å². The van der Waals surface area contributed by atoms with Crippen LogP contribution < -0.4 is 10.6 Å². The zero-order valence-corrected chi connectivity index (χ0v) is 13.3. The largest absolute Gasteiger partial charge is 0.483 e. The number of ether oxygens (including phenoxy) is 2. The molecule has 0 saturated carbocycles. The first kappa shape index (κ1) is 26.2. The fourth-order valence-electron chi connectivity index (χ4n) is 0.959. The molecule has 10 heteroatoms. The number of carbonyl (C=O) groups is 4. The molecule has 0 saturated heterocycles. The van der Waals surface area contributed by atoms with Gasteiger partial charge in [-0.1, -0.05) is 13.2 Å². The van der Waals surface area contributed by atoms with Crippen LogP contribution in [0.2, 0.25) is 0 Å². The molecule has 0 rings (SSSR count). The van der Waals surface area contributed by atoms with Gasteiger partial charge in [-0.3, -0.25) is 19.2 Å². The molecule has 2 amide bonds. The number of rotatable bonds is 11. The van der Waals surface area contributed by atoms with E-state index in [0.29, 0.717) is 39.5 Å². The van der Waals surface area contributed by atoms with Crippen LogP contribution in [0.15, 0.2) is 25.3 Å². The second kappa shape index (κ2) is 25.2. The molecule has 0 aliphatic carbocycles. The van der Waals surface area contributed by atoms with E-state index >= 15 is 0 Å². The van der Waals surface area contributed by atoms with Crippen LogP contribution >= 0.6 is 0 Å². The summed E-state index contributed by atoms with van der Waals surface area (Å²) in [5.74, 6) is -0.430. The van der Waals surface area contributed by atoms with Crippen molar-refractivity contribution in [2.45, 2.75) is 0 Å². The molecule has 0 aromatic heterocycles. The number of carboxylic acid groups (broad SMARTS) is 2. The average molecular weight is 348 g/mol. The maximum Gasteiger partial charge on any atom is 0.290 e. The van der Waals surface area contributed by atoms with Crippen LogP contribution in [0.3, 0.4) is 0 Å². The van der Waals surface area contributed by atoms with Crippen LogP contribution in [0, 0.1) is 0 Å². The van der Waals surface area contributed by atoms with Crippen molar-refractivity contribution in [2.75, 3.05) is 39.5 Å². The Hall–Kier alpha value is -2.72. The Morgan fingerprint density at radius 2 is 1.08 bits per heavy atom. The highest BCUT2D eigenvalue weighted by Crippen LogP contribution is 1.79. The zero-order chi connectivity index (χ0) is 19.1. The molecule has 0 radical (unpaired) electrons. The number of carbonyl (C=O) groups excluding carboxylic acids is 2. The van der Waals surface area contributed by atoms with Crippen molar-refractivity contribution in [3.63, 3.8) is 0 Å². The minimum atomic E-state index is -0.250. The van der Waals surface area contributed by atoms with E-state index in [9.17, 15) is 9.59 Å². The predicted molar refractivity (Wildman–Crippen MR) is 85.4 cm³/mol. The third kappa shape index (κ3) is 31.6. The monoisotopic (exact) mass is 348 g/mol. The van der Waals surface area contributed by atoms with Gasteiger partial charge in [0.2, 0.25) is 11.8 Å². The Morgan fingerprint density at radius 3 is 1.33 bits per heavy atom. The lowest BCUT2D eigenvalue weighted by Crippen LogP contribution is -2.26. The van der Waals surface area contributed by atoms with Crippen molar-refractivity contribution < 1.29 is 38.9 Å². The summed E-state index contributed by atoms with van der Waals surface area (Å²) in [4.78, 5) is 38.2. The van der Waals surface area contributed by atoms with Gasteiger partial charge in [-0.2, -0.15) is 0 Å². The average Bonchev–Trinajstić information content (AvgIpc) is 2.57. The molecule has 0 unspecified atom stereocenters. The predicted octanol–water partition coefficient (Wildman–Crippen LogP) is -0.974. The molecule has 10 nitrogen and oxygen atoms in total. The summed E-state index contributed by atoms with van der Waals surface area (Å²) in [6.07, 6.45) is 2.42. The summed E-state index contributed by atoms with van der Waals surface area (Å²) in [7, 11) is 0. The van der Waals surface area contributed by atoms with Crippen molar-refractivity contribution in [3.8, 4) is 0 Å². The van der Waals surface area contributed by atoms with Crippen LogP contribution in [0.1, 0.15) is 0 Å². The molecule has 4 N–H and O–H groups in total. The minimum Gasteiger partial charge on any atom is -0.483 e. The van der Waals surface area contributed by atoms with E-state index in [-0.39, 0.29) is 24.8 Å². The topological polar surface area (TPSA) is 151 Å². The van der Waals surface area contributed by atoms with Gasteiger partial charge in [-0.25, -0.2) is 0 Å². The van der Waals surface area contributed by atoms with E-state index in [4.69, 9.17) is 29.3 Å². The van der Waals surface area contributed by atoms with E-state index in [1.165, 1.54) is 12.2 Å². The lowest BCUT2D eigenvalue weighted by Gasteiger charge is -2.06. The normalized spacial score (nSPS) is 8.17. The Balaban J connectivity index is -0.000000635. The summed E-state index contributed by atoms with van der Waals surface area (Å²) in [6, 6.07) is 0. The van der Waals surface area contributed by atoms with Crippen molar-refractivity contribution >= 4 is 24.8 Å². The molecule has 0 spiro atoms. The number of nitrogens with one attached hydrogen (secondary N) is 2. The second-order valence-corrected chi connectivity index (χ2v) is 3.43. The summed E-state index contributed by atoms with van der Waals surface area (Å²) in [6.45, 7) is 8.78. The second-order valence-electron chi connectivity index (χ2n) is 3.43. The third-order valence-corrected chi connectivity index (χ3v) is 1.83. The van der Waals surface area contributed by atoms with Crippen molar-refractivity contribution in [2.24, 2.45) is 0 Å². The van der Waals surface area contributed by atoms with Gasteiger partial charge in [-0.05, 0) is 12.2 Å². The number of hydrogen-bond acceptors (Lipinski definition) is 6. The van der Waals surface area contributed by atoms with Crippen molar-refractivity contribution in [1.82, 2.24) is 10.6 Å². The summed E-state index contributed by atoms with van der Waals surface area (Å²) in [5, 5.41) is 18.9. The number of hydrogen-bond donors (Lipinski definition) is 4. The molecule has 0 aliphatic rings. The van der Waals surface area contributed by atoms with Crippen LogP contribution in [-0.4, -0.2) is 74.5 Å². The first-order chi connectivity index (χ1) is 11.5. The standard InChI is InChI=1S/C12H20N2O4.2CH2O2/c1-3-11(15)13-5-7-17-9-10-18-8-6-14-12(16)4-2;2*2-1-3/h3-4H,1-2,5-10H2,(H,13,15)(H,14,16);2*1H,(H,2,3). The van der Waals surface area contributed by atoms with Gasteiger partial charge in [0.1, 0.15) is 0 Å². The molecule has 0 bridgehead atoms. The highest BCUT2D eigenvalue weighted by Gasteiger charge is 1.94. The first-order valence-electron chi connectivity index (χ1n) is 6.65. The quantitative estimate of drug-likeness (QED) is 0.211. The third-order valence-electron chi connectivity index (χ3n) is 1.83. The van der Waals surface area contributed by atoms with Gasteiger partial charge < -0.3 is 30.3 Å². The van der Waals surface area contributed by atoms with Crippen LogP contribution in [0.5, 0.6) is 0 Å². The fourth-order valence-corrected chi connectivity index (χ4v) is 0.959. The Labute approximate surface area is 140 Å². The van der Waals surface area contributed by atoms with Crippen LogP contribution in [-0.2, 0) is 28.7 Å². The molecule has 0 aliphatic heterocycles. The highest BCUT2D eigenvalue weighted by molar-refractivity contribution is 5.87. The van der Waals surface area contributed by atoms with E-state index in [0.717, 1.165) is 0 Å². The molecule has 0 aromatic carbocycles. The van der Waals surface area contributed by atoms with Gasteiger partial charge in [0.05, 0.1) is 26.4 Å². The lowest BCUT2D eigenvalue weighted by molar-refractivity contribution is -0.123. The molecule has 0 fully saturated rings. The molecular formula is C14H24N2O8. The minimum absolute atomic E-state index is 0.215. The van der Waals surface area contributed by atoms with E-state index in [1.807, 2.05) is 0 Å². The molecule has 24 heavy (non-hydrogen) atoms. The molecule has 0 aromatic rings. The maximum atomic E-state index is 10.7. The first-order valence-corrected chi connectivity index (χ1v) is 6.65. The van der Waals surface area contributed by atoms with Crippen LogP contribution in [0.4, 0.5) is 0 Å². The molecule has 138 valence electrons. The molecule has 0 heterocycles. The van der Waals surface area contributed by atoms with Crippen LogP contribution in [0.25, 0.3) is 0 Å². The zero-order valence-electron chi connectivity index (χ0n) is 13.3. The number of amides is 2. The van der Waals surface area contributed by atoms with Gasteiger partial charge in [0.15, 0.2) is 0 Å². The SMILES string of the molecule is C=CC(=O)NCCOCCOCCNC(=O)C=C.O=CO.O=CO. The Kier molecular flexibility index (Phi) is 27.6. The maximum absolute atomic E-state index is 10.7. The van der Waals surface area contributed by atoms with Gasteiger partial charge >= 0.3 is 0 Å². The smallest absolute Gasteiger partial charge is 0.290 e. The Bertz CT molecular complexity index is 327. The highest BCUT2D eigenvalue weighted by atomic mass is 16.5. The Morgan fingerprint density at radius 1 is 0.792 bits per heavy atom. The summed E-state index contributed by atoms with van der Waals surface area (Å²) >= 11 is 0. The molecular weight excluding hydrogens is 324 g/mol. The van der Waals surface area contributed by atoms with Gasteiger partial charge in [0, 0.05) is 13.1 Å². The van der Waals surface area contributed by atoms with Crippen molar-refractivity contribution in [3.05, 3.63) is 25.3 Å². The van der Waals surface area contributed by atoms with Crippen molar-refractivity contribution in [1.29, 1.82) is 0 Å². The van der Waals surface area contributed by atoms with Gasteiger partial charge in [-0.15, -0.1) is 0 Å². The summed E-state index contributed by atoms with van der Waals surface area (Å²) in [5.41, 5.74) is 0. The lowest BCUT2D eigenvalue weighted by atomic mass is 10.5. The van der Waals surface area contributed by atoms with E-state index < -0.39 is 0 Å². The molecule has 0 atom stereocenters.